The van der Waals surface area contributed by atoms with Gasteiger partial charge in [0.25, 0.3) is 0 Å². The minimum Gasteiger partial charge on any atom is -0.382 e. The van der Waals surface area contributed by atoms with Crippen molar-refractivity contribution in [2.45, 2.75) is 32.5 Å². The molecule has 1 aliphatic heterocycles. The Kier molecular flexibility index (Phi) is 3.54. The molecular weight excluding hydrogens is 270 g/mol. The van der Waals surface area contributed by atoms with Crippen LogP contribution in [0, 0.1) is 6.92 Å². The normalized spacial score (nSPS) is 21.9. The zero-order chi connectivity index (χ0) is 15.0. The molecule has 1 fully saturated rings. The molecule has 2 aromatic heterocycles. The van der Waals surface area contributed by atoms with Gasteiger partial charge in [-0.05, 0) is 20.8 Å². The van der Waals surface area contributed by atoms with Crippen LogP contribution in [-0.2, 0) is 9.47 Å². The third-order valence-corrected chi connectivity index (χ3v) is 3.62. The Morgan fingerprint density at radius 3 is 3.05 bits per heavy atom. The van der Waals surface area contributed by atoms with Gasteiger partial charge in [-0.1, -0.05) is 0 Å². The summed E-state index contributed by atoms with van der Waals surface area (Å²) in [6.07, 6.45) is 1.72. The topological polar surface area (TPSA) is 64.8 Å². The number of aryl methyl sites for hydroxylation is 1. The molecule has 0 saturated carbocycles. The summed E-state index contributed by atoms with van der Waals surface area (Å²) in [5.41, 5.74) is 0.571. The van der Waals surface area contributed by atoms with E-state index < -0.39 is 0 Å². The van der Waals surface area contributed by atoms with Crippen molar-refractivity contribution in [3.8, 4) is 0 Å². The highest BCUT2D eigenvalue weighted by molar-refractivity contribution is 5.52. The average Bonchev–Trinajstić information content (AvgIpc) is 2.86. The summed E-state index contributed by atoms with van der Waals surface area (Å²) in [4.78, 5) is 6.90. The molecule has 0 spiro atoms. The highest BCUT2D eigenvalue weighted by atomic mass is 16.5. The minimum absolute atomic E-state index is 0.0370. The van der Waals surface area contributed by atoms with E-state index in [0.717, 1.165) is 30.4 Å². The van der Waals surface area contributed by atoms with Crippen LogP contribution in [0.1, 0.15) is 19.7 Å². The number of methoxy groups -OCH3 is 1. The Morgan fingerprint density at radius 1 is 1.48 bits per heavy atom. The average molecular weight is 291 g/mol. The van der Waals surface area contributed by atoms with Crippen molar-refractivity contribution in [3.05, 3.63) is 18.2 Å². The van der Waals surface area contributed by atoms with Gasteiger partial charge < -0.3 is 14.4 Å². The molecule has 0 N–H and O–H groups in total. The Labute approximate surface area is 123 Å². The molecule has 0 amide bonds. The quantitative estimate of drug-likeness (QED) is 0.842. The molecule has 1 unspecified atom stereocenters. The van der Waals surface area contributed by atoms with Gasteiger partial charge in [0, 0.05) is 26.3 Å². The maximum absolute atomic E-state index is 6.04. The van der Waals surface area contributed by atoms with Crippen molar-refractivity contribution in [3.63, 3.8) is 0 Å². The lowest BCUT2D eigenvalue weighted by atomic mass is 10.1. The van der Waals surface area contributed by atoms with E-state index in [4.69, 9.17) is 9.47 Å². The Bertz CT molecular complexity index is 639. The van der Waals surface area contributed by atoms with Gasteiger partial charge in [-0.3, -0.25) is 4.40 Å². The van der Waals surface area contributed by atoms with Gasteiger partial charge in [0.15, 0.2) is 5.65 Å². The molecule has 3 heterocycles. The third-order valence-electron chi connectivity index (χ3n) is 3.62. The smallest absolute Gasteiger partial charge is 0.165 e. The summed E-state index contributed by atoms with van der Waals surface area (Å²) in [6, 6.07) is 1.96. The van der Waals surface area contributed by atoms with Crippen molar-refractivity contribution >= 4 is 11.5 Å². The molecular formula is C14H21N5O2. The SMILES string of the molecule is COCC1CN(c2cc3nncn3c(C)n2)CC(C)(C)O1. The number of nitrogens with zero attached hydrogens (tertiary/aromatic N) is 5. The van der Waals surface area contributed by atoms with Crippen LogP contribution in [0.3, 0.4) is 0 Å². The fourth-order valence-electron chi connectivity index (χ4n) is 2.86. The predicted molar refractivity (Wildman–Crippen MR) is 78.6 cm³/mol. The molecule has 1 atom stereocenters. The van der Waals surface area contributed by atoms with Crippen molar-refractivity contribution in [2.75, 3.05) is 31.7 Å². The fourth-order valence-corrected chi connectivity index (χ4v) is 2.86. The Morgan fingerprint density at radius 2 is 2.29 bits per heavy atom. The van der Waals surface area contributed by atoms with E-state index in [1.165, 1.54) is 0 Å². The van der Waals surface area contributed by atoms with Gasteiger partial charge in [-0.25, -0.2) is 4.98 Å². The zero-order valence-electron chi connectivity index (χ0n) is 12.9. The Hall–Kier alpha value is -1.73. The number of rotatable bonds is 3. The molecule has 0 aliphatic carbocycles. The number of fused-ring (bicyclic) bond motifs is 1. The van der Waals surface area contributed by atoms with Crippen LogP contribution in [0.25, 0.3) is 5.65 Å². The first-order valence-electron chi connectivity index (χ1n) is 7.07. The maximum atomic E-state index is 6.04. The number of hydrogen-bond donors (Lipinski definition) is 0. The summed E-state index contributed by atoms with van der Waals surface area (Å²) < 4.78 is 13.2. The number of aromatic nitrogens is 4. The molecule has 0 bridgehead atoms. The highest BCUT2D eigenvalue weighted by Gasteiger charge is 2.34. The molecule has 114 valence electrons. The van der Waals surface area contributed by atoms with E-state index in [2.05, 4.69) is 33.9 Å². The molecule has 21 heavy (non-hydrogen) atoms. The lowest BCUT2D eigenvalue weighted by molar-refractivity contribution is -0.106. The van der Waals surface area contributed by atoms with Crippen molar-refractivity contribution < 1.29 is 9.47 Å². The van der Waals surface area contributed by atoms with Crippen LogP contribution in [0.4, 0.5) is 5.82 Å². The van der Waals surface area contributed by atoms with Crippen molar-refractivity contribution in [1.82, 2.24) is 19.6 Å². The van der Waals surface area contributed by atoms with Crippen molar-refractivity contribution in [1.29, 1.82) is 0 Å². The first-order chi connectivity index (χ1) is 9.98. The summed E-state index contributed by atoms with van der Waals surface area (Å²) in [7, 11) is 1.69. The van der Waals surface area contributed by atoms with E-state index in [1.54, 1.807) is 13.4 Å². The number of anilines is 1. The molecule has 1 saturated heterocycles. The lowest BCUT2D eigenvalue weighted by Crippen LogP contribution is -2.54. The molecule has 7 nitrogen and oxygen atoms in total. The maximum Gasteiger partial charge on any atom is 0.165 e. The summed E-state index contributed by atoms with van der Waals surface area (Å²) in [5, 5.41) is 8.05. The van der Waals surface area contributed by atoms with E-state index in [0.29, 0.717) is 6.61 Å². The van der Waals surface area contributed by atoms with Crippen LogP contribution in [0.2, 0.25) is 0 Å². The number of ether oxygens (including phenoxy) is 2. The van der Waals surface area contributed by atoms with Gasteiger partial charge in [0.2, 0.25) is 0 Å². The van der Waals surface area contributed by atoms with Crippen LogP contribution in [0.15, 0.2) is 12.4 Å². The summed E-state index contributed by atoms with van der Waals surface area (Å²) >= 11 is 0. The fraction of sp³-hybridized carbons (Fsp3) is 0.643. The van der Waals surface area contributed by atoms with Crippen molar-refractivity contribution in [2.24, 2.45) is 0 Å². The predicted octanol–water partition coefficient (Wildman–Crippen LogP) is 1.06. The Balaban J connectivity index is 1.92. The summed E-state index contributed by atoms with van der Waals surface area (Å²) in [6.45, 7) is 8.25. The molecule has 2 aromatic rings. The van der Waals surface area contributed by atoms with Crippen LogP contribution in [0.5, 0.6) is 0 Å². The van der Waals surface area contributed by atoms with E-state index >= 15 is 0 Å². The van der Waals surface area contributed by atoms with Gasteiger partial charge in [0.05, 0.1) is 18.3 Å². The standard InChI is InChI=1S/C14H21N5O2/c1-10-16-12(5-13-17-15-9-19(10)13)18-6-11(7-20-4)21-14(2,3)8-18/h5,9,11H,6-8H2,1-4H3. The second-order valence-electron chi connectivity index (χ2n) is 6.06. The van der Waals surface area contributed by atoms with E-state index in [1.807, 2.05) is 17.4 Å². The van der Waals surface area contributed by atoms with E-state index in [-0.39, 0.29) is 11.7 Å². The first kappa shape index (κ1) is 14.2. The third kappa shape index (κ3) is 2.84. The second-order valence-corrected chi connectivity index (χ2v) is 6.06. The van der Waals surface area contributed by atoms with Crippen LogP contribution in [-0.4, -0.2) is 58.1 Å². The minimum atomic E-state index is -0.239. The van der Waals surface area contributed by atoms with Gasteiger partial charge >= 0.3 is 0 Å². The van der Waals surface area contributed by atoms with Gasteiger partial charge in [0.1, 0.15) is 18.0 Å². The monoisotopic (exact) mass is 291 g/mol. The van der Waals surface area contributed by atoms with Gasteiger partial charge in [-0.15, -0.1) is 10.2 Å². The van der Waals surface area contributed by atoms with Gasteiger partial charge in [-0.2, -0.15) is 0 Å². The summed E-state index contributed by atoms with van der Waals surface area (Å²) in [5.74, 6) is 1.78. The zero-order valence-corrected chi connectivity index (χ0v) is 12.9. The highest BCUT2D eigenvalue weighted by Crippen LogP contribution is 2.25. The van der Waals surface area contributed by atoms with Crippen LogP contribution >= 0.6 is 0 Å². The number of morpholine rings is 1. The largest absolute Gasteiger partial charge is 0.382 e. The second kappa shape index (κ2) is 5.23. The van der Waals surface area contributed by atoms with Crippen LogP contribution < -0.4 is 4.90 Å². The molecule has 7 heteroatoms. The van der Waals surface area contributed by atoms with E-state index in [9.17, 15) is 0 Å². The first-order valence-corrected chi connectivity index (χ1v) is 7.07. The molecule has 3 rings (SSSR count). The lowest BCUT2D eigenvalue weighted by Gasteiger charge is -2.43. The molecule has 0 aromatic carbocycles. The molecule has 1 aliphatic rings. The molecule has 0 radical (unpaired) electrons. The number of hydrogen-bond acceptors (Lipinski definition) is 6.